The first kappa shape index (κ1) is 13.4. The van der Waals surface area contributed by atoms with Crippen molar-refractivity contribution in [1.29, 1.82) is 0 Å². The van der Waals surface area contributed by atoms with Crippen LogP contribution in [-0.4, -0.2) is 32.7 Å². The lowest BCUT2D eigenvalue weighted by molar-refractivity contribution is 0.588. The van der Waals surface area contributed by atoms with E-state index in [4.69, 9.17) is 0 Å². The van der Waals surface area contributed by atoms with Gasteiger partial charge in [0.25, 0.3) is 0 Å². The van der Waals surface area contributed by atoms with Crippen molar-refractivity contribution in [2.45, 2.75) is 6.92 Å². The Bertz CT molecular complexity index is 462. The highest BCUT2D eigenvalue weighted by molar-refractivity contribution is 9.10. The van der Waals surface area contributed by atoms with Gasteiger partial charge in [0.05, 0.1) is 11.4 Å². The summed E-state index contributed by atoms with van der Waals surface area (Å²) in [5.74, 6) is 0.701. The van der Waals surface area contributed by atoms with Gasteiger partial charge in [0.1, 0.15) is 5.82 Å². The van der Waals surface area contributed by atoms with Crippen molar-refractivity contribution in [1.82, 2.24) is 9.71 Å². The van der Waals surface area contributed by atoms with E-state index in [2.05, 4.69) is 31.0 Å². The Morgan fingerprint density at radius 3 is 2.69 bits per heavy atom. The second-order valence-electron chi connectivity index (χ2n) is 3.21. The van der Waals surface area contributed by atoms with Gasteiger partial charge in [-0.25, -0.2) is 18.1 Å². The molecule has 0 radical (unpaired) electrons. The maximum Gasteiger partial charge on any atom is 0.213 e. The van der Waals surface area contributed by atoms with E-state index in [0.717, 1.165) is 10.2 Å². The summed E-state index contributed by atoms with van der Waals surface area (Å²) in [5, 5.41) is 2.95. The minimum atomic E-state index is -3.16. The number of pyridine rings is 1. The quantitative estimate of drug-likeness (QED) is 0.855. The second kappa shape index (κ2) is 5.60. The minimum Gasteiger partial charge on any atom is -0.369 e. The standard InChI is InChI=1S/C9H14BrN3O2S/c1-7-8(10)3-4-9(13-7)12-5-6-16(14,15)11-2/h3-4,11H,5-6H2,1-2H3,(H,12,13). The van der Waals surface area contributed by atoms with E-state index in [1.165, 1.54) is 7.05 Å². The summed E-state index contributed by atoms with van der Waals surface area (Å²) in [7, 11) is -1.76. The summed E-state index contributed by atoms with van der Waals surface area (Å²) in [6.45, 7) is 2.21. The molecule has 0 aromatic carbocycles. The molecule has 0 saturated carbocycles. The van der Waals surface area contributed by atoms with Gasteiger partial charge in [0.2, 0.25) is 10.0 Å². The molecule has 0 fully saturated rings. The number of rotatable bonds is 5. The summed E-state index contributed by atoms with van der Waals surface area (Å²) in [5.41, 5.74) is 0.862. The van der Waals surface area contributed by atoms with E-state index in [9.17, 15) is 8.42 Å². The molecule has 0 aliphatic heterocycles. The second-order valence-corrected chi connectivity index (χ2v) is 6.11. The number of sulfonamides is 1. The van der Waals surface area contributed by atoms with Crippen molar-refractivity contribution in [3.8, 4) is 0 Å². The molecule has 0 saturated heterocycles. The molecule has 0 aliphatic carbocycles. The van der Waals surface area contributed by atoms with Gasteiger partial charge in [-0.05, 0) is 42.0 Å². The lowest BCUT2D eigenvalue weighted by Gasteiger charge is -2.07. The fraction of sp³-hybridized carbons (Fsp3) is 0.444. The SMILES string of the molecule is CNS(=O)(=O)CCNc1ccc(Br)c(C)n1. The normalized spacial score (nSPS) is 11.4. The molecule has 0 atom stereocenters. The molecule has 5 nitrogen and oxygen atoms in total. The maximum absolute atomic E-state index is 11.1. The number of aromatic nitrogens is 1. The van der Waals surface area contributed by atoms with Crippen molar-refractivity contribution >= 4 is 31.8 Å². The molecule has 0 unspecified atom stereocenters. The molecule has 1 aromatic rings. The van der Waals surface area contributed by atoms with Crippen LogP contribution in [0.3, 0.4) is 0 Å². The Morgan fingerprint density at radius 2 is 2.12 bits per heavy atom. The topological polar surface area (TPSA) is 71.1 Å². The van der Waals surface area contributed by atoms with Gasteiger partial charge in [-0.3, -0.25) is 0 Å². The molecule has 1 rings (SSSR count). The van der Waals surface area contributed by atoms with Crippen molar-refractivity contribution in [2.24, 2.45) is 0 Å². The third-order valence-electron chi connectivity index (χ3n) is 2.01. The van der Waals surface area contributed by atoms with E-state index < -0.39 is 10.0 Å². The van der Waals surface area contributed by atoms with E-state index in [1.807, 2.05) is 13.0 Å². The molecule has 2 N–H and O–H groups in total. The Kier molecular flexibility index (Phi) is 4.69. The maximum atomic E-state index is 11.1. The monoisotopic (exact) mass is 307 g/mol. The fourth-order valence-electron chi connectivity index (χ4n) is 1.06. The van der Waals surface area contributed by atoms with E-state index in [-0.39, 0.29) is 5.75 Å². The number of hydrogen-bond acceptors (Lipinski definition) is 4. The molecule has 90 valence electrons. The van der Waals surface area contributed by atoms with E-state index in [1.54, 1.807) is 6.07 Å². The highest BCUT2D eigenvalue weighted by atomic mass is 79.9. The third-order valence-corrected chi connectivity index (χ3v) is 4.21. The molecule has 0 amide bonds. The highest BCUT2D eigenvalue weighted by Gasteiger charge is 2.06. The Hall–Kier alpha value is -0.660. The number of aryl methyl sites for hydroxylation is 1. The molecule has 0 spiro atoms. The van der Waals surface area contributed by atoms with Gasteiger partial charge in [0, 0.05) is 11.0 Å². The number of halogens is 1. The van der Waals surface area contributed by atoms with Crippen LogP contribution in [0, 0.1) is 6.92 Å². The average molecular weight is 308 g/mol. The van der Waals surface area contributed by atoms with Crippen LogP contribution in [0.4, 0.5) is 5.82 Å². The highest BCUT2D eigenvalue weighted by Crippen LogP contribution is 2.15. The summed E-state index contributed by atoms with van der Waals surface area (Å²) in [6.07, 6.45) is 0. The zero-order chi connectivity index (χ0) is 12.2. The zero-order valence-electron chi connectivity index (χ0n) is 9.12. The zero-order valence-corrected chi connectivity index (χ0v) is 11.5. The molecule has 16 heavy (non-hydrogen) atoms. The lowest BCUT2D eigenvalue weighted by atomic mass is 10.4. The van der Waals surface area contributed by atoms with E-state index >= 15 is 0 Å². The van der Waals surface area contributed by atoms with Crippen LogP contribution in [0.25, 0.3) is 0 Å². The van der Waals surface area contributed by atoms with Gasteiger partial charge in [0.15, 0.2) is 0 Å². The largest absolute Gasteiger partial charge is 0.369 e. The van der Waals surface area contributed by atoms with Crippen molar-refractivity contribution in [3.05, 3.63) is 22.3 Å². The summed E-state index contributed by atoms with van der Waals surface area (Å²) >= 11 is 3.34. The molecule has 0 aliphatic rings. The Labute approximate surface area is 104 Å². The van der Waals surface area contributed by atoms with Gasteiger partial charge in [-0.2, -0.15) is 0 Å². The van der Waals surface area contributed by atoms with Gasteiger partial charge in [-0.15, -0.1) is 0 Å². The van der Waals surface area contributed by atoms with Crippen molar-refractivity contribution < 1.29 is 8.42 Å². The number of nitrogens with zero attached hydrogens (tertiary/aromatic N) is 1. The van der Waals surface area contributed by atoms with Crippen LogP contribution < -0.4 is 10.0 Å². The van der Waals surface area contributed by atoms with Crippen molar-refractivity contribution in [2.75, 3.05) is 24.7 Å². The lowest BCUT2D eigenvalue weighted by Crippen LogP contribution is -2.26. The van der Waals surface area contributed by atoms with Crippen LogP contribution in [-0.2, 0) is 10.0 Å². The fourth-order valence-corrected chi connectivity index (χ4v) is 1.85. The van der Waals surface area contributed by atoms with Crippen LogP contribution >= 0.6 is 15.9 Å². The van der Waals surface area contributed by atoms with Gasteiger partial charge < -0.3 is 5.32 Å². The molecule has 0 bridgehead atoms. The molecule has 1 aromatic heterocycles. The predicted octanol–water partition coefficient (Wildman–Crippen LogP) is 1.11. The van der Waals surface area contributed by atoms with Crippen LogP contribution in [0.5, 0.6) is 0 Å². The summed E-state index contributed by atoms with van der Waals surface area (Å²) < 4.78 is 25.4. The van der Waals surface area contributed by atoms with Gasteiger partial charge >= 0.3 is 0 Å². The number of hydrogen-bond donors (Lipinski definition) is 2. The molecule has 1 heterocycles. The van der Waals surface area contributed by atoms with Crippen LogP contribution in [0.2, 0.25) is 0 Å². The Morgan fingerprint density at radius 1 is 1.44 bits per heavy atom. The van der Waals surface area contributed by atoms with Gasteiger partial charge in [-0.1, -0.05) is 0 Å². The van der Waals surface area contributed by atoms with E-state index in [0.29, 0.717) is 12.4 Å². The first-order valence-corrected chi connectivity index (χ1v) is 7.17. The van der Waals surface area contributed by atoms with Crippen molar-refractivity contribution in [3.63, 3.8) is 0 Å². The molecule has 7 heteroatoms. The summed E-state index contributed by atoms with van der Waals surface area (Å²) in [6, 6.07) is 3.67. The average Bonchev–Trinajstić information content (AvgIpc) is 2.23. The summed E-state index contributed by atoms with van der Waals surface area (Å²) in [4.78, 5) is 4.24. The smallest absolute Gasteiger partial charge is 0.213 e. The number of nitrogens with one attached hydrogen (secondary N) is 2. The Balaban J connectivity index is 2.53. The molecular weight excluding hydrogens is 294 g/mol. The molecular formula is C9H14BrN3O2S. The minimum absolute atomic E-state index is 0.0281. The number of anilines is 1. The first-order valence-electron chi connectivity index (χ1n) is 4.73. The van der Waals surface area contributed by atoms with Crippen LogP contribution in [0.1, 0.15) is 5.69 Å². The first-order chi connectivity index (χ1) is 7.44. The predicted molar refractivity (Wildman–Crippen MR) is 68.0 cm³/mol. The third kappa shape index (κ3) is 4.07. The van der Waals surface area contributed by atoms with Crippen LogP contribution in [0.15, 0.2) is 16.6 Å².